The minimum atomic E-state index is -0.189. The zero-order valence-electron chi connectivity index (χ0n) is 8.74. The number of nitrogens with zero attached hydrogens (tertiary/aromatic N) is 1. The van der Waals surface area contributed by atoms with Crippen molar-refractivity contribution >= 4 is 11.9 Å². The molecular weight excluding hydrogens is 192 g/mol. The highest BCUT2D eigenvalue weighted by Gasteiger charge is 2.44. The smallest absolute Gasteiger partial charge is 0.324 e. The molecule has 3 amide bonds. The molecule has 0 aromatic carbocycles. The Labute approximate surface area is 89.0 Å². The van der Waals surface area contributed by atoms with Crippen LogP contribution in [0.5, 0.6) is 0 Å². The summed E-state index contributed by atoms with van der Waals surface area (Å²) in [5, 5.41) is 2.58. The van der Waals surface area contributed by atoms with Crippen molar-refractivity contribution < 1.29 is 9.59 Å². The van der Waals surface area contributed by atoms with Gasteiger partial charge in [0.15, 0.2) is 0 Å². The first-order valence-corrected chi connectivity index (χ1v) is 5.84. The van der Waals surface area contributed by atoms with Gasteiger partial charge in [0, 0.05) is 6.54 Å². The summed E-state index contributed by atoms with van der Waals surface area (Å²) in [6.07, 6.45) is 5.19. The maximum absolute atomic E-state index is 11.4. The van der Waals surface area contributed by atoms with Gasteiger partial charge in [0.25, 0.3) is 0 Å². The number of hydrogen-bond donors (Lipinski definition) is 1. The van der Waals surface area contributed by atoms with Crippen LogP contribution in [0.1, 0.15) is 25.7 Å². The molecule has 0 aromatic rings. The lowest BCUT2D eigenvalue weighted by atomic mass is 9.97. The van der Waals surface area contributed by atoms with Crippen LogP contribution >= 0.6 is 0 Å². The summed E-state index contributed by atoms with van der Waals surface area (Å²) in [7, 11) is 0. The molecule has 4 nitrogen and oxygen atoms in total. The quantitative estimate of drug-likeness (QED) is 0.700. The molecule has 2 saturated carbocycles. The van der Waals surface area contributed by atoms with E-state index < -0.39 is 0 Å². The summed E-state index contributed by atoms with van der Waals surface area (Å²) < 4.78 is 0. The number of carbonyl (C=O) groups is 2. The second kappa shape index (κ2) is 3.22. The molecule has 0 aromatic heterocycles. The number of carbonyl (C=O) groups excluding carboxylic acids is 2. The average Bonchev–Trinajstić information content (AvgIpc) is 3.09. The van der Waals surface area contributed by atoms with Gasteiger partial charge < -0.3 is 5.32 Å². The SMILES string of the molecule is O=C1CNC(=O)N1CC(C1CC1)C1CC1. The van der Waals surface area contributed by atoms with E-state index in [4.69, 9.17) is 0 Å². The Morgan fingerprint density at radius 1 is 1.20 bits per heavy atom. The van der Waals surface area contributed by atoms with Crippen LogP contribution in [0.4, 0.5) is 4.79 Å². The van der Waals surface area contributed by atoms with Gasteiger partial charge in [-0.2, -0.15) is 0 Å². The van der Waals surface area contributed by atoms with E-state index in [2.05, 4.69) is 5.32 Å². The van der Waals surface area contributed by atoms with Crippen LogP contribution < -0.4 is 5.32 Å². The van der Waals surface area contributed by atoms with Crippen LogP contribution in [0.25, 0.3) is 0 Å². The second-order valence-corrected chi connectivity index (χ2v) is 5.00. The summed E-state index contributed by atoms with van der Waals surface area (Å²) in [6, 6.07) is -0.189. The van der Waals surface area contributed by atoms with Crippen LogP contribution in [-0.4, -0.2) is 29.9 Å². The average molecular weight is 208 g/mol. The third kappa shape index (κ3) is 1.73. The third-order valence-corrected chi connectivity index (χ3v) is 3.79. The molecule has 4 heteroatoms. The van der Waals surface area contributed by atoms with E-state index in [9.17, 15) is 9.59 Å². The predicted octanol–water partition coefficient (Wildman–Crippen LogP) is 0.974. The maximum atomic E-state index is 11.4. The van der Waals surface area contributed by atoms with Gasteiger partial charge in [0.2, 0.25) is 5.91 Å². The molecule has 1 saturated heterocycles. The minimum Gasteiger partial charge on any atom is -0.329 e. The lowest BCUT2D eigenvalue weighted by Gasteiger charge is -2.21. The number of rotatable bonds is 4. The molecule has 15 heavy (non-hydrogen) atoms. The molecule has 3 rings (SSSR count). The topological polar surface area (TPSA) is 49.4 Å². The molecule has 0 unspecified atom stereocenters. The van der Waals surface area contributed by atoms with Crippen LogP contribution in [0, 0.1) is 17.8 Å². The Morgan fingerprint density at radius 2 is 1.80 bits per heavy atom. The molecule has 1 aliphatic heterocycles. The molecule has 1 heterocycles. The molecule has 1 N–H and O–H groups in total. The minimum absolute atomic E-state index is 0.0497. The summed E-state index contributed by atoms with van der Waals surface area (Å²) in [5.41, 5.74) is 0. The van der Waals surface area contributed by atoms with Gasteiger partial charge in [-0.3, -0.25) is 9.69 Å². The number of hydrogen-bond acceptors (Lipinski definition) is 2. The van der Waals surface area contributed by atoms with E-state index in [0.717, 1.165) is 11.8 Å². The standard InChI is InChI=1S/C11H16N2O2/c14-10-5-12-11(15)13(10)6-9(7-1-2-7)8-3-4-8/h7-9H,1-6H2,(H,12,15). The lowest BCUT2D eigenvalue weighted by molar-refractivity contribution is -0.125. The number of imide groups is 1. The van der Waals surface area contributed by atoms with Gasteiger partial charge in [0.1, 0.15) is 0 Å². The summed E-state index contributed by atoms with van der Waals surface area (Å²) in [5.74, 6) is 2.13. The normalized spacial score (nSPS) is 26.3. The van der Waals surface area contributed by atoms with Crippen molar-refractivity contribution in [2.24, 2.45) is 17.8 Å². The van der Waals surface area contributed by atoms with Gasteiger partial charge in [-0.05, 0) is 43.4 Å². The third-order valence-electron chi connectivity index (χ3n) is 3.79. The van der Waals surface area contributed by atoms with Gasteiger partial charge in [-0.1, -0.05) is 0 Å². The van der Waals surface area contributed by atoms with Gasteiger partial charge in [0.05, 0.1) is 6.54 Å². The van der Waals surface area contributed by atoms with Gasteiger partial charge in [-0.15, -0.1) is 0 Å². The van der Waals surface area contributed by atoms with Crippen molar-refractivity contribution in [1.82, 2.24) is 10.2 Å². The fourth-order valence-corrected chi connectivity index (χ4v) is 2.58. The molecule has 2 aliphatic carbocycles. The van der Waals surface area contributed by atoms with Crippen molar-refractivity contribution in [2.75, 3.05) is 13.1 Å². The van der Waals surface area contributed by atoms with E-state index >= 15 is 0 Å². The second-order valence-electron chi connectivity index (χ2n) is 5.00. The van der Waals surface area contributed by atoms with Crippen LogP contribution in [0.2, 0.25) is 0 Å². The maximum Gasteiger partial charge on any atom is 0.324 e. The summed E-state index contributed by atoms with van der Waals surface area (Å²) >= 11 is 0. The van der Waals surface area contributed by atoms with Crippen LogP contribution in [0.15, 0.2) is 0 Å². The first kappa shape index (κ1) is 9.19. The zero-order chi connectivity index (χ0) is 10.4. The van der Waals surface area contributed by atoms with Crippen molar-refractivity contribution in [3.8, 4) is 0 Å². The fourth-order valence-electron chi connectivity index (χ4n) is 2.58. The van der Waals surface area contributed by atoms with Crippen molar-refractivity contribution in [3.05, 3.63) is 0 Å². The first-order valence-electron chi connectivity index (χ1n) is 5.84. The predicted molar refractivity (Wildman–Crippen MR) is 54.0 cm³/mol. The van der Waals surface area contributed by atoms with Crippen LogP contribution in [-0.2, 0) is 4.79 Å². The zero-order valence-corrected chi connectivity index (χ0v) is 8.74. The van der Waals surface area contributed by atoms with Crippen molar-refractivity contribution in [3.63, 3.8) is 0 Å². The highest BCUT2D eigenvalue weighted by atomic mass is 16.2. The summed E-state index contributed by atoms with van der Waals surface area (Å²) in [4.78, 5) is 24.3. The van der Waals surface area contributed by atoms with E-state index in [0.29, 0.717) is 12.5 Å². The monoisotopic (exact) mass is 208 g/mol. The molecule has 0 atom stereocenters. The van der Waals surface area contributed by atoms with E-state index in [-0.39, 0.29) is 18.5 Å². The van der Waals surface area contributed by atoms with Gasteiger partial charge in [-0.25, -0.2) is 4.79 Å². The number of amides is 3. The Hall–Kier alpha value is -1.06. The van der Waals surface area contributed by atoms with Crippen molar-refractivity contribution in [1.29, 1.82) is 0 Å². The molecule has 3 fully saturated rings. The van der Waals surface area contributed by atoms with Crippen molar-refractivity contribution in [2.45, 2.75) is 25.7 Å². The molecule has 0 spiro atoms. The Balaban J connectivity index is 1.66. The highest BCUT2D eigenvalue weighted by molar-refractivity contribution is 6.01. The highest BCUT2D eigenvalue weighted by Crippen LogP contribution is 2.49. The first-order chi connectivity index (χ1) is 7.25. The van der Waals surface area contributed by atoms with Crippen LogP contribution in [0.3, 0.4) is 0 Å². The molecule has 0 bridgehead atoms. The molecule has 0 radical (unpaired) electrons. The molecule has 3 aliphatic rings. The van der Waals surface area contributed by atoms with E-state index in [1.807, 2.05) is 0 Å². The number of nitrogens with one attached hydrogen (secondary N) is 1. The molecule has 82 valence electrons. The van der Waals surface area contributed by atoms with Gasteiger partial charge >= 0.3 is 6.03 Å². The Kier molecular flexibility index (Phi) is 1.97. The van der Waals surface area contributed by atoms with E-state index in [1.165, 1.54) is 30.6 Å². The lowest BCUT2D eigenvalue weighted by Crippen LogP contribution is -2.36. The Bertz CT molecular complexity index is 280. The van der Waals surface area contributed by atoms with E-state index in [1.54, 1.807) is 0 Å². The Morgan fingerprint density at radius 3 is 2.20 bits per heavy atom. The molecular formula is C11H16N2O2. The largest absolute Gasteiger partial charge is 0.329 e. The number of urea groups is 1. The fraction of sp³-hybridized carbons (Fsp3) is 0.818. The summed E-state index contributed by atoms with van der Waals surface area (Å²) in [6.45, 7) is 0.862.